The van der Waals surface area contributed by atoms with Crippen molar-refractivity contribution in [1.82, 2.24) is 4.98 Å². The predicted octanol–water partition coefficient (Wildman–Crippen LogP) is 4.96. The van der Waals surface area contributed by atoms with Gasteiger partial charge in [-0.05, 0) is 37.3 Å². The molecule has 0 aliphatic heterocycles. The van der Waals surface area contributed by atoms with Crippen LogP contribution in [0.1, 0.15) is 28.4 Å². The average molecular weight is 363 g/mol. The molecule has 0 saturated carbocycles. The molecular weight excluding hydrogens is 352 g/mol. The van der Waals surface area contributed by atoms with Gasteiger partial charge in [-0.2, -0.15) is 26.3 Å². The summed E-state index contributed by atoms with van der Waals surface area (Å²) in [6, 6.07) is 3.45. The number of hydrogen-bond donors (Lipinski definition) is 0. The van der Waals surface area contributed by atoms with E-state index >= 15 is 0 Å². The molecule has 0 saturated heterocycles. The third kappa shape index (κ3) is 4.49. The lowest BCUT2D eigenvalue weighted by Crippen LogP contribution is -2.11. The van der Waals surface area contributed by atoms with Crippen molar-refractivity contribution >= 4 is 5.97 Å². The van der Waals surface area contributed by atoms with Crippen LogP contribution in [0.4, 0.5) is 26.3 Å². The van der Waals surface area contributed by atoms with E-state index in [-0.39, 0.29) is 23.9 Å². The molecule has 0 radical (unpaired) electrons. The number of benzene rings is 1. The first-order valence-corrected chi connectivity index (χ1v) is 6.95. The van der Waals surface area contributed by atoms with Gasteiger partial charge in [0.05, 0.1) is 29.0 Å². The first kappa shape index (κ1) is 18.8. The van der Waals surface area contributed by atoms with Crippen LogP contribution in [0.2, 0.25) is 0 Å². The number of rotatable bonds is 3. The number of hydrogen-bond acceptors (Lipinski definition) is 3. The summed E-state index contributed by atoms with van der Waals surface area (Å²) in [7, 11) is 0. The quantitative estimate of drug-likeness (QED) is 0.571. The molecule has 2 rings (SSSR count). The largest absolute Gasteiger partial charge is 0.462 e. The van der Waals surface area contributed by atoms with E-state index in [1.807, 2.05) is 0 Å². The van der Waals surface area contributed by atoms with E-state index in [4.69, 9.17) is 4.74 Å². The lowest BCUT2D eigenvalue weighted by Gasteiger charge is -2.14. The molecular formula is C16H11F6NO2. The molecule has 0 bridgehead atoms. The molecule has 3 nitrogen and oxygen atoms in total. The van der Waals surface area contributed by atoms with Gasteiger partial charge in [-0.1, -0.05) is 0 Å². The third-order valence-electron chi connectivity index (χ3n) is 3.15. The van der Waals surface area contributed by atoms with Crippen LogP contribution >= 0.6 is 0 Å². The fourth-order valence-corrected chi connectivity index (χ4v) is 2.03. The van der Waals surface area contributed by atoms with Crippen molar-refractivity contribution in [3.63, 3.8) is 0 Å². The van der Waals surface area contributed by atoms with Crippen LogP contribution in [-0.4, -0.2) is 17.6 Å². The van der Waals surface area contributed by atoms with Crippen molar-refractivity contribution in [1.29, 1.82) is 0 Å². The van der Waals surface area contributed by atoms with Crippen LogP contribution in [-0.2, 0) is 17.1 Å². The number of pyridine rings is 1. The van der Waals surface area contributed by atoms with E-state index < -0.39 is 35.0 Å². The number of carbonyl (C=O) groups is 1. The van der Waals surface area contributed by atoms with Gasteiger partial charge >= 0.3 is 18.3 Å². The third-order valence-corrected chi connectivity index (χ3v) is 3.15. The second-order valence-corrected chi connectivity index (χ2v) is 4.94. The molecule has 2 aromatic rings. The van der Waals surface area contributed by atoms with E-state index in [2.05, 4.69) is 4.98 Å². The van der Waals surface area contributed by atoms with Gasteiger partial charge < -0.3 is 4.74 Å². The molecule has 1 aromatic carbocycles. The molecule has 1 heterocycles. The molecule has 134 valence electrons. The predicted molar refractivity (Wildman–Crippen MR) is 75.6 cm³/mol. The number of esters is 1. The summed E-state index contributed by atoms with van der Waals surface area (Å²) in [4.78, 5) is 15.4. The van der Waals surface area contributed by atoms with Crippen molar-refractivity contribution in [3.05, 3.63) is 53.2 Å². The Labute approximate surface area is 138 Å². The van der Waals surface area contributed by atoms with Crippen molar-refractivity contribution in [3.8, 4) is 11.3 Å². The fraction of sp³-hybridized carbons (Fsp3) is 0.250. The Balaban J connectivity index is 2.59. The van der Waals surface area contributed by atoms with Crippen molar-refractivity contribution in [2.24, 2.45) is 0 Å². The summed E-state index contributed by atoms with van der Waals surface area (Å²) >= 11 is 0. The van der Waals surface area contributed by atoms with Crippen LogP contribution in [0.5, 0.6) is 0 Å². The fourth-order valence-electron chi connectivity index (χ4n) is 2.03. The zero-order valence-corrected chi connectivity index (χ0v) is 12.7. The molecule has 0 fully saturated rings. The van der Waals surface area contributed by atoms with Gasteiger partial charge in [0, 0.05) is 11.8 Å². The smallest absolute Gasteiger partial charge is 0.416 e. The zero-order chi connectivity index (χ0) is 18.8. The minimum Gasteiger partial charge on any atom is -0.462 e. The standard InChI is InChI=1S/C16H11F6NO2/c1-2-25-14(24)9-3-4-23-13(7-9)10-5-11(15(17,18)19)8-12(6-10)16(20,21)22/h3-8H,2H2,1H3. The number of carbonyl (C=O) groups excluding carboxylic acids is 1. The number of nitrogens with zero attached hydrogens (tertiary/aromatic N) is 1. The molecule has 0 aliphatic carbocycles. The molecule has 0 N–H and O–H groups in total. The summed E-state index contributed by atoms with van der Waals surface area (Å²) in [6.45, 7) is 1.63. The second-order valence-electron chi connectivity index (χ2n) is 4.94. The Kier molecular flexibility index (Phi) is 5.05. The van der Waals surface area contributed by atoms with E-state index in [0.29, 0.717) is 12.1 Å². The van der Waals surface area contributed by atoms with Gasteiger partial charge in [-0.25, -0.2) is 4.79 Å². The molecule has 0 atom stereocenters. The number of alkyl halides is 6. The lowest BCUT2D eigenvalue weighted by molar-refractivity contribution is -0.143. The SMILES string of the molecule is CCOC(=O)c1ccnc(-c2cc(C(F)(F)F)cc(C(F)(F)F)c2)c1. The van der Waals surface area contributed by atoms with Gasteiger partial charge in [0.2, 0.25) is 0 Å². The Hall–Kier alpha value is -2.58. The van der Waals surface area contributed by atoms with Gasteiger partial charge in [-0.15, -0.1) is 0 Å². The maximum Gasteiger partial charge on any atom is 0.416 e. The van der Waals surface area contributed by atoms with Crippen LogP contribution in [0.25, 0.3) is 11.3 Å². The molecule has 0 amide bonds. The van der Waals surface area contributed by atoms with Crippen LogP contribution in [0.3, 0.4) is 0 Å². The molecule has 9 heteroatoms. The highest BCUT2D eigenvalue weighted by molar-refractivity contribution is 5.90. The molecule has 0 spiro atoms. The van der Waals surface area contributed by atoms with E-state index in [9.17, 15) is 31.1 Å². The summed E-state index contributed by atoms with van der Waals surface area (Å²) < 4.78 is 82.1. The Bertz CT molecular complexity index is 751. The number of halogens is 6. The van der Waals surface area contributed by atoms with E-state index in [1.54, 1.807) is 6.92 Å². The summed E-state index contributed by atoms with van der Waals surface area (Å²) in [5.74, 6) is -0.755. The molecule has 25 heavy (non-hydrogen) atoms. The Morgan fingerprint density at radius 3 is 2.04 bits per heavy atom. The minimum absolute atomic E-state index is 0.0265. The minimum atomic E-state index is -4.96. The van der Waals surface area contributed by atoms with E-state index in [0.717, 1.165) is 12.3 Å². The van der Waals surface area contributed by atoms with Gasteiger partial charge in [0.15, 0.2) is 0 Å². The normalized spacial score (nSPS) is 12.1. The lowest BCUT2D eigenvalue weighted by atomic mass is 10.0. The maximum atomic E-state index is 12.9. The first-order chi connectivity index (χ1) is 11.5. The van der Waals surface area contributed by atoms with Crippen LogP contribution < -0.4 is 0 Å². The highest BCUT2D eigenvalue weighted by Gasteiger charge is 2.37. The van der Waals surface area contributed by atoms with Crippen molar-refractivity contribution in [2.75, 3.05) is 6.61 Å². The summed E-state index contributed by atoms with van der Waals surface area (Å²) in [5.41, 5.74) is -3.56. The average Bonchev–Trinajstić information content (AvgIpc) is 2.53. The zero-order valence-electron chi connectivity index (χ0n) is 12.7. The maximum absolute atomic E-state index is 12.9. The first-order valence-electron chi connectivity index (χ1n) is 6.95. The summed E-state index contributed by atoms with van der Waals surface area (Å²) in [6.07, 6.45) is -8.82. The highest BCUT2D eigenvalue weighted by Crippen LogP contribution is 2.38. The number of ether oxygens (including phenoxy) is 1. The Morgan fingerprint density at radius 1 is 1.00 bits per heavy atom. The van der Waals surface area contributed by atoms with Gasteiger partial charge in [0.1, 0.15) is 0 Å². The van der Waals surface area contributed by atoms with Gasteiger partial charge in [0.25, 0.3) is 0 Å². The van der Waals surface area contributed by atoms with Crippen molar-refractivity contribution in [2.45, 2.75) is 19.3 Å². The van der Waals surface area contributed by atoms with E-state index in [1.165, 1.54) is 6.07 Å². The van der Waals surface area contributed by atoms with Gasteiger partial charge in [-0.3, -0.25) is 4.98 Å². The molecule has 0 unspecified atom stereocenters. The Morgan fingerprint density at radius 2 is 1.56 bits per heavy atom. The topological polar surface area (TPSA) is 39.2 Å². The monoisotopic (exact) mass is 363 g/mol. The van der Waals surface area contributed by atoms with Crippen molar-refractivity contribution < 1.29 is 35.9 Å². The van der Waals surface area contributed by atoms with Crippen LogP contribution in [0, 0.1) is 0 Å². The molecule has 1 aromatic heterocycles. The number of aromatic nitrogens is 1. The molecule has 0 aliphatic rings. The summed E-state index contributed by atoms with van der Waals surface area (Å²) in [5, 5.41) is 0. The second kappa shape index (κ2) is 6.73. The highest BCUT2D eigenvalue weighted by atomic mass is 19.4. The van der Waals surface area contributed by atoms with Crippen LogP contribution in [0.15, 0.2) is 36.5 Å².